The molecule has 0 saturated carbocycles. The molecule has 6 nitrogen and oxygen atoms in total. The SMILES string of the molecule is O=C(O)Cn1c(-c2cccc(F)c2)nc2cc3c(cc21)OCO3. The summed E-state index contributed by atoms with van der Waals surface area (Å²) in [5, 5.41) is 9.19. The van der Waals surface area contributed by atoms with E-state index in [4.69, 9.17) is 9.47 Å². The van der Waals surface area contributed by atoms with Crippen LogP contribution in [-0.4, -0.2) is 27.4 Å². The van der Waals surface area contributed by atoms with Crippen LogP contribution in [0.3, 0.4) is 0 Å². The molecule has 0 bridgehead atoms. The topological polar surface area (TPSA) is 73.6 Å². The summed E-state index contributed by atoms with van der Waals surface area (Å²) in [6.45, 7) is -0.167. The van der Waals surface area contributed by atoms with Gasteiger partial charge in [0.2, 0.25) is 6.79 Å². The van der Waals surface area contributed by atoms with E-state index in [1.807, 2.05) is 0 Å². The molecular formula is C16H11FN2O4. The number of aromatic nitrogens is 2. The molecule has 0 fully saturated rings. The maximum absolute atomic E-state index is 13.5. The molecule has 0 aliphatic carbocycles. The lowest BCUT2D eigenvalue weighted by Crippen LogP contribution is -2.10. The van der Waals surface area contributed by atoms with Crippen LogP contribution in [0.2, 0.25) is 0 Å². The van der Waals surface area contributed by atoms with Crippen LogP contribution in [0.15, 0.2) is 36.4 Å². The molecule has 1 aliphatic rings. The van der Waals surface area contributed by atoms with Gasteiger partial charge in [-0.1, -0.05) is 12.1 Å². The highest BCUT2D eigenvalue weighted by Gasteiger charge is 2.21. The fourth-order valence-electron chi connectivity index (χ4n) is 2.66. The Morgan fingerprint density at radius 2 is 2.04 bits per heavy atom. The number of benzene rings is 2. The molecule has 0 atom stereocenters. The van der Waals surface area contributed by atoms with Gasteiger partial charge in [0, 0.05) is 17.7 Å². The minimum Gasteiger partial charge on any atom is -0.480 e. The monoisotopic (exact) mass is 314 g/mol. The molecule has 7 heteroatoms. The fraction of sp³-hybridized carbons (Fsp3) is 0.125. The average molecular weight is 314 g/mol. The van der Waals surface area contributed by atoms with Gasteiger partial charge in [-0.2, -0.15) is 0 Å². The van der Waals surface area contributed by atoms with Crippen molar-refractivity contribution in [2.24, 2.45) is 0 Å². The van der Waals surface area contributed by atoms with Crippen molar-refractivity contribution in [2.75, 3.05) is 6.79 Å². The number of hydrogen-bond acceptors (Lipinski definition) is 4. The van der Waals surface area contributed by atoms with Crippen molar-refractivity contribution < 1.29 is 23.8 Å². The molecule has 4 rings (SSSR count). The van der Waals surface area contributed by atoms with Crippen molar-refractivity contribution in [3.05, 3.63) is 42.2 Å². The fourth-order valence-corrected chi connectivity index (χ4v) is 2.66. The van der Waals surface area contributed by atoms with Crippen LogP contribution >= 0.6 is 0 Å². The van der Waals surface area contributed by atoms with E-state index < -0.39 is 11.8 Å². The summed E-state index contributed by atoms with van der Waals surface area (Å²) in [6.07, 6.45) is 0. The first-order valence-electron chi connectivity index (χ1n) is 6.89. The van der Waals surface area contributed by atoms with Crippen molar-refractivity contribution in [3.63, 3.8) is 0 Å². The average Bonchev–Trinajstić information content (AvgIpc) is 3.09. The van der Waals surface area contributed by atoms with Crippen LogP contribution in [0, 0.1) is 5.82 Å². The van der Waals surface area contributed by atoms with Gasteiger partial charge in [-0.15, -0.1) is 0 Å². The number of nitrogens with zero attached hydrogens (tertiary/aromatic N) is 2. The lowest BCUT2D eigenvalue weighted by molar-refractivity contribution is -0.137. The summed E-state index contributed by atoms with van der Waals surface area (Å²) in [4.78, 5) is 15.7. The molecule has 1 aromatic heterocycles. The van der Waals surface area contributed by atoms with Crippen molar-refractivity contribution in [3.8, 4) is 22.9 Å². The number of carboxylic acids is 1. The molecule has 1 aliphatic heterocycles. The molecule has 2 heterocycles. The predicted octanol–water partition coefficient (Wildman–Crippen LogP) is 2.66. The first-order chi connectivity index (χ1) is 11.1. The normalized spacial score (nSPS) is 12.7. The molecule has 0 unspecified atom stereocenters. The second-order valence-corrected chi connectivity index (χ2v) is 5.12. The van der Waals surface area contributed by atoms with Crippen LogP contribution < -0.4 is 9.47 Å². The Labute approximate surface area is 129 Å². The van der Waals surface area contributed by atoms with Gasteiger partial charge in [-0.25, -0.2) is 9.37 Å². The first kappa shape index (κ1) is 13.6. The Morgan fingerprint density at radius 3 is 2.78 bits per heavy atom. The standard InChI is InChI=1S/C16H11FN2O4/c17-10-3-1-2-9(4-10)16-18-11-5-13-14(23-8-22-13)6-12(11)19(16)7-15(20)21/h1-6H,7-8H2,(H,20,21). The number of aliphatic carboxylic acids is 1. The smallest absolute Gasteiger partial charge is 0.323 e. The van der Waals surface area contributed by atoms with Gasteiger partial charge in [0.05, 0.1) is 11.0 Å². The summed E-state index contributed by atoms with van der Waals surface area (Å²) in [5.41, 5.74) is 1.66. The zero-order valence-electron chi connectivity index (χ0n) is 11.8. The maximum atomic E-state index is 13.5. The molecule has 23 heavy (non-hydrogen) atoms. The molecule has 0 saturated heterocycles. The highest BCUT2D eigenvalue weighted by molar-refractivity contribution is 5.86. The van der Waals surface area contributed by atoms with Gasteiger partial charge in [-0.3, -0.25) is 4.79 Å². The van der Waals surface area contributed by atoms with E-state index in [0.717, 1.165) is 0 Å². The van der Waals surface area contributed by atoms with Crippen molar-refractivity contribution in [1.82, 2.24) is 9.55 Å². The number of imidazole rings is 1. The van der Waals surface area contributed by atoms with E-state index in [-0.39, 0.29) is 13.3 Å². The number of halogens is 1. The van der Waals surface area contributed by atoms with Crippen molar-refractivity contribution >= 4 is 17.0 Å². The Hall–Kier alpha value is -3.09. The Kier molecular flexibility index (Phi) is 2.94. The molecule has 0 radical (unpaired) electrons. The third-order valence-corrected chi connectivity index (χ3v) is 3.62. The number of ether oxygens (including phenoxy) is 2. The maximum Gasteiger partial charge on any atom is 0.323 e. The predicted molar refractivity (Wildman–Crippen MR) is 78.9 cm³/mol. The van der Waals surface area contributed by atoms with Gasteiger partial charge < -0.3 is 19.1 Å². The largest absolute Gasteiger partial charge is 0.480 e. The van der Waals surface area contributed by atoms with E-state index in [0.29, 0.717) is 33.9 Å². The Morgan fingerprint density at radius 1 is 1.26 bits per heavy atom. The van der Waals surface area contributed by atoms with Gasteiger partial charge in [0.1, 0.15) is 18.2 Å². The molecule has 1 N–H and O–H groups in total. The molecular weight excluding hydrogens is 303 g/mol. The number of carboxylic acid groups (broad SMARTS) is 1. The quantitative estimate of drug-likeness (QED) is 0.804. The van der Waals surface area contributed by atoms with Crippen molar-refractivity contribution in [1.29, 1.82) is 0 Å². The molecule has 0 spiro atoms. The number of carbonyl (C=O) groups is 1. The van der Waals surface area contributed by atoms with Crippen LogP contribution in [-0.2, 0) is 11.3 Å². The summed E-state index contributed by atoms with van der Waals surface area (Å²) < 4.78 is 25.7. The minimum absolute atomic E-state index is 0.123. The zero-order valence-corrected chi connectivity index (χ0v) is 11.8. The van der Waals surface area contributed by atoms with Gasteiger partial charge in [-0.05, 0) is 12.1 Å². The van der Waals surface area contributed by atoms with Crippen LogP contribution in [0.4, 0.5) is 4.39 Å². The highest BCUT2D eigenvalue weighted by Crippen LogP contribution is 2.37. The van der Waals surface area contributed by atoms with Crippen LogP contribution in [0.25, 0.3) is 22.4 Å². The summed E-state index contributed by atoms with van der Waals surface area (Å²) in [5.74, 6) is 0.0499. The van der Waals surface area contributed by atoms with E-state index in [1.54, 1.807) is 24.3 Å². The summed E-state index contributed by atoms with van der Waals surface area (Å²) >= 11 is 0. The number of hydrogen-bond donors (Lipinski definition) is 1. The first-order valence-corrected chi connectivity index (χ1v) is 6.89. The van der Waals surface area contributed by atoms with Crippen LogP contribution in [0.5, 0.6) is 11.5 Å². The third kappa shape index (κ3) is 2.26. The molecule has 3 aromatic rings. The highest BCUT2D eigenvalue weighted by atomic mass is 19.1. The summed E-state index contributed by atoms with van der Waals surface area (Å²) in [6, 6.07) is 9.27. The van der Waals surface area contributed by atoms with E-state index >= 15 is 0 Å². The molecule has 0 amide bonds. The van der Waals surface area contributed by atoms with E-state index in [2.05, 4.69) is 4.98 Å². The van der Waals surface area contributed by atoms with Gasteiger partial charge in [0.15, 0.2) is 11.5 Å². The second-order valence-electron chi connectivity index (χ2n) is 5.12. The van der Waals surface area contributed by atoms with Crippen molar-refractivity contribution in [2.45, 2.75) is 6.54 Å². The van der Waals surface area contributed by atoms with Gasteiger partial charge in [0.25, 0.3) is 0 Å². The lowest BCUT2D eigenvalue weighted by Gasteiger charge is -2.07. The van der Waals surface area contributed by atoms with Gasteiger partial charge >= 0.3 is 5.97 Å². The number of fused-ring (bicyclic) bond motifs is 2. The second kappa shape index (κ2) is 4.98. The van der Waals surface area contributed by atoms with Crippen LogP contribution in [0.1, 0.15) is 0 Å². The molecule has 2 aromatic carbocycles. The minimum atomic E-state index is -1.01. The number of rotatable bonds is 3. The Balaban J connectivity index is 1.97. The summed E-state index contributed by atoms with van der Waals surface area (Å²) in [7, 11) is 0. The molecule has 116 valence electrons. The third-order valence-electron chi connectivity index (χ3n) is 3.62. The Bertz CT molecular complexity index is 935. The van der Waals surface area contributed by atoms with E-state index in [1.165, 1.54) is 16.7 Å². The zero-order chi connectivity index (χ0) is 16.0. The lowest BCUT2D eigenvalue weighted by atomic mass is 10.2. The van der Waals surface area contributed by atoms with E-state index in [9.17, 15) is 14.3 Å².